The van der Waals surface area contributed by atoms with Gasteiger partial charge in [-0.05, 0) is 122 Å². The number of carbonyl (C=O) groups is 3. The number of ether oxygens (including phenoxy) is 3. The number of rotatable bonds is 69. The van der Waals surface area contributed by atoms with E-state index >= 15 is 0 Å². The summed E-state index contributed by atoms with van der Waals surface area (Å²) in [6.45, 7) is 2.38. The van der Waals surface area contributed by atoms with Gasteiger partial charge in [-0.15, -0.1) is 0 Å². The molecule has 0 rings (SSSR count). The predicted molar refractivity (Wildman–Crippen MR) is 399 cm³/mol. The molecule has 554 valence electrons. The maximum absolute atomic E-state index is 13.0. The van der Waals surface area contributed by atoms with Crippen molar-refractivity contribution < 1.29 is 75.8 Å². The van der Waals surface area contributed by atoms with Gasteiger partial charge >= 0.3 is 33.6 Å². The molecule has 0 aliphatic carbocycles. The van der Waals surface area contributed by atoms with Crippen LogP contribution in [0.5, 0.6) is 0 Å². The molecule has 0 saturated carbocycles. The molecular weight excluding hydrogens is 1270 g/mol. The van der Waals surface area contributed by atoms with E-state index < -0.39 is 91.5 Å². The molecule has 0 spiro atoms. The van der Waals surface area contributed by atoms with Crippen molar-refractivity contribution in [2.24, 2.45) is 0 Å². The van der Waals surface area contributed by atoms with E-state index in [1.54, 1.807) is 0 Å². The molecule has 0 aromatic rings. The monoisotopic (exact) mass is 1400 g/mol. The summed E-state index contributed by atoms with van der Waals surface area (Å²) in [5.74, 6) is -1.64. The van der Waals surface area contributed by atoms with Crippen LogP contribution >= 0.6 is 15.6 Å². The molecule has 0 radical (unpaired) electrons. The number of phosphoric acid groups is 2. The molecule has 0 aromatic carbocycles. The van der Waals surface area contributed by atoms with Gasteiger partial charge < -0.3 is 34.2 Å². The summed E-state index contributed by atoms with van der Waals surface area (Å²) in [4.78, 5) is 58.5. The summed E-state index contributed by atoms with van der Waals surface area (Å²) in [7, 11) is -9.81. The molecule has 0 saturated heterocycles. The molecular formula is C79H132O16P2. The lowest BCUT2D eigenvalue weighted by atomic mass is 10.0. The van der Waals surface area contributed by atoms with Crippen LogP contribution in [0.3, 0.4) is 0 Å². The van der Waals surface area contributed by atoms with Crippen molar-refractivity contribution in [1.82, 2.24) is 0 Å². The van der Waals surface area contributed by atoms with Gasteiger partial charge in [0.05, 0.1) is 26.4 Å². The topological polar surface area (TPSA) is 231 Å². The Kier molecular flexibility index (Phi) is 67.9. The molecule has 16 nitrogen and oxygen atoms in total. The Bertz CT molecular complexity index is 2350. The number of hydrogen-bond acceptors (Lipinski definition) is 14. The van der Waals surface area contributed by atoms with Gasteiger partial charge in [-0.1, -0.05) is 282 Å². The first-order valence-electron chi connectivity index (χ1n) is 37.1. The zero-order chi connectivity index (χ0) is 70.9. The molecule has 0 fully saturated rings. The zero-order valence-corrected chi connectivity index (χ0v) is 62.0. The molecule has 18 heteroatoms. The first-order chi connectivity index (χ1) is 47.2. The average molecular weight is 1400 g/mol. The fourth-order valence-electron chi connectivity index (χ4n) is 9.46. The van der Waals surface area contributed by atoms with E-state index in [1.807, 2.05) is 0 Å². The van der Waals surface area contributed by atoms with Gasteiger partial charge in [-0.25, -0.2) is 9.13 Å². The second kappa shape index (κ2) is 71.3. The number of allylic oxidation sites excluding steroid dienone is 24. The summed E-state index contributed by atoms with van der Waals surface area (Å²) < 4.78 is 61.0. The molecule has 0 aromatic heterocycles. The Morgan fingerprint density at radius 2 is 0.546 bits per heavy atom. The van der Waals surface area contributed by atoms with Crippen LogP contribution in [0.1, 0.15) is 278 Å². The number of esters is 3. The minimum absolute atomic E-state index is 0.0937. The van der Waals surface area contributed by atoms with Gasteiger partial charge in [-0.3, -0.25) is 32.5 Å². The maximum atomic E-state index is 13.0. The summed E-state index contributed by atoms with van der Waals surface area (Å²) in [6.07, 6.45) is 86.0. The van der Waals surface area contributed by atoms with Gasteiger partial charge in [0.15, 0.2) is 6.10 Å². The van der Waals surface area contributed by atoms with Crippen molar-refractivity contribution in [2.75, 3.05) is 39.6 Å². The van der Waals surface area contributed by atoms with E-state index in [-0.39, 0.29) is 19.3 Å². The number of unbranched alkanes of at least 4 members (excludes halogenated alkanes) is 22. The van der Waals surface area contributed by atoms with E-state index in [0.717, 1.165) is 154 Å². The third kappa shape index (κ3) is 72.5. The van der Waals surface area contributed by atoms with Crippen LogP contribution in [0.4, 0.5) is 0 Å². The van der Waals surface area contributed by atoms with Crippen molar-refractivity contribution >= 4 is 33.6 Å². The molecule has 5 unspecified atom stereocenters. The molecule has 0 aliphatic rings. The van der Waals surface area contributed by atoms with E-state index in [2.05, 4.69) is 167 Å². The number of aliphatic hydroxyl groups is 2. The fraction of sp³-hybridized carbons (Fsp3) is 0.658. The maximum Gasteiger partial charge on any atom is 0.472 e. The standard InChI is InChI=1S/C79H132O16P2/c1-4-7-10-13-16-19-22-25-28-30-32-34-35-36-37-39-41-42-45-47-50-53-56-59-62-65-77(82)89-68-74(80)69-91-96(85,86)92-70-75(81)71-93-97(87,88)94-73-76(95-79(84)67-64-61-58-55-52-49-44-27-24-21-18-15-12-9-6-3)72-90-78(83)66-63-60-57-54-51-48-46-43-40-38-33-31-29-26-23-20-17-14-11-8-5-2/h7-8,10-11,16-17,19-20,25-26,28-29,32-34,36-38,41-43,46,51,54,74-76,80-81H,4-6,9,12-15,18,21-24,27,30-31,35,39-40,44-45,47-50,52-53,55-73H2,1-3H3,(H,85,86)(H,87,88)/b10-7-,11-8-,19-16-,20-17-,28-25-,29-26-,34-32-,37-36-,38-33-,42-41-,46-43-,54-51-. The Morgan fingerprint density at radius 1 is 0.299 bits per heavy atom. The van der Waals surface area contributed by atoms with Crippen molar-refractivity contribution in [1.29, 1.82) is 0 Å². The lowest BCUT2D eigenvalue weighted by Crippen LogP contribution is -2.30. The highest BCUT2D eigenvalue weighted by Crippen LogP contribution is 2.45. The van der Waals surface area contributed by atoms with Crippen LogP contribution in [0.15, 0.2) is 146 Å². The molecule has 0 heterocycles. The highest BCUT2D eigenvalue weighted by molar-refractivity contribution is 7.47. The summed E-state index contributed by atoms with van der Waals surface area (Å²) in [5.41, 5.74) is 0. The van der Waals surface area contributed by atoms with Crippen LogP contribution in [0.25, 0.3) is 0 Å². The highest BCUT2D eigenvalue weighted by atomic mass is 31.2. The van der Waals surface area contributed by atoms with Gasteiger partial charge in [0.2, 0.25) is 0 Å². The smallest absolute Gasteiger partial charge is 0.463 e. The third-order valence-electron chi connectivity index (χ3n) is 15.1. The van der Waals surface area contributed by atoms with Gasteiger partial charge in [0, 0.05) is 19.3 Å². The van der Waals surface area contributed by atoms with Crippen LogP contribution < -0.4 is 0 Å². The second-order valence-electron chi connectivity index (χ2n) is 24.3. The Labute approximate surface area is 587 Å². The van der Waals surface area contributed by atoms with Gasteiger partial charge in [0.25, 0.3) is 0 Å². The predicted octanol–water partition coefficient (Wildman–Crippen LogP) is 21.3. The Hall–Kier alpha value is -4.57. The average Bonchev–Trinajstić information content (AvgIpc) is 1.82. The fourth-order valence-corrected chi connectivity index (χ4v) is 11.0. The summed E-state index contributed by atoms with van der Waals surface area (Å²) in [6, 6.07) is 0. The van der Waals surface area contributed by atoms with E-state index in [1.165, 1.54) is 64.2 Å². The molecule has 0 bridgehead atoms. The van der Waals surface area contributed by atoms with Crippen LogP contribution in [-0.2, 0) is 55.8 Å². The number of carbonyl (C=O) groups excluding carboxylic acids is 3. The molecule has 5 atom stereocenters. The van der Waals surface area contributed by atoms with Crippen molar-refractivity contribution in [2.45, 2.75) is 296 Å². The van der Waals surface area contributed by atoms with Crippen molar-refractivity contribution in [3.05, 3.63) is 146 Å². The first kappa shape index (κ1) is 92.4. The normalized spacial score (nSPS) is 14.9. The van der Waals surface area contributed by atoms with Crippen LogP contribution in [-0.4, -0.2) is 95.9 Å². The minimum atomic E-state index is -4.94. The SMILES string of the molecule is CC/C=C\C/C=C\C/C=C\C/C=C\C/C=C\C/C=C\CCCCCCCCC(=O)OCC(O)COP(=O)(O)OCC(O)COP(=O)(O)OCC(COC(=O)CCCC/C=C\C/C=C\C/C=C\C/C=C\C/C=C\C/C=C\CC)OC(=O)CCCCCCCCCCCCCCCCC. The molecule has 4 N–H and O–H groups in total. The Morgan fingerprint density at radius 3 is 0.887 bits per heavy atom. The summed E-state index contributed by atoms with van der Waals surface area (Å²) >= 11 is 0. The van der Waals surface area contributed by atoms with Crippen LogP contribution in [0, 0.1) is 0 Å². The second-order valence-corrected chi connectivity index (χ2v) is 27.2. The van der Waals surface area contributed by atoms with Crippen LogP contribution in [0.2, 0.25) is 0 Å². The summed E-state index contributed by atoms with van der Waals surface area (Å²) in [5, 5.41) is 20.6. The zero-order valence-electron chi connectivity index (χ0n) is 60.2. The van der Waals surface area contributed by atoms with E-state index in [9.17, 15) is 43.5 Å². The van der Waals surface area contributed by atoms with Gasteiger partial charge in [0.1, 0.15) is 25.4 Å². The molecule has 0 amide bonds. The van der Waals surface area contributed by atoms with E-state index in [4.69, 9.17) is 32.3 Å². The third-order valence-corrected chi connectivity index (χ3v) is 17.0. The Balaban J connectivity index is 4.68. The first-order valence-corrected chi connectivity index (χ1v) is 40.1. The van der Waals surface area contributed by atoms with Crippen molar-refractivity contribution in [3.63, 3.8) is 0 Å². The lowest BCUT2D eigenvalue weighted by Gasteiger charge is -2.21. The number of hydrogen-bond donors (Lipinski definition) is 4. The largest absolute Gasteiger partial charge is 0.472 e. The van der Waals surface area contributed by atoms with Gasteiger partial charge in [-0.2, -0.15) is 0 Å². The quantitative estimate of drug-likeness (QED) is 0.0146. The number of aliphatic hydroxyl groups excluding tert-OH is 2. The molecule has 0 aliphatic heterocycles. The van der Waals surface area contributed by atoms with Crippen molar-refractivity contribution in [3.8, 4) is 0 Å². The minimum Gasteiger partial charge on any atom is -0.463 e. The number of phosphoric ester groups is 2. The molecule has 97 heavy (non-hydrogen) atoms. The lowest BCUT2D eigenvalue weighted by molar-refractivity contribution is -0.161. The highest BCUT2D eigenvalue weighted by Gasteiger charge is 2.29. The van der Waals surface area contributed by atoms with E-state index in [0.29, 0.717) is 19.3 Å².